The molecule has 2 rings (SSSR count). The second kappa shape index (κ2) is 9.17. The summed E-state index contributed by atoms with van der Waals surface area (Å²) >= 11 is 5.80. The Bertz CT molecular complexity index is 522. The Morgan fingerprint density at radius 1 is 1.43 bits per heavy atom. The van der Waals surface area contributed by atoms with Crippen molar-refractivity contribution in [3.05, 3.63) is 29.0 Å². The molecule has 1 aliphatic heterocycles. The monoisotopic (exact) mass is 344 g/mol. The van der Waals surface area contributed by atoms with Crippen molar-refractivity contribution in [2.45, 2.75) is 25.4 Å². The first-order valence-electron chi connectivity index (χ1n) is 7.78. The number of rotatable bonds is 7. The highest BCUT2D eigenvalue weighted by molar-refractivity contribution is 6.30. The molecule has 1 fully saturated rings. The highest BCUT2D eigenvalue weighted by Crippen LogP contribution is 2.20. The van der Waals surface area contributed by atoms with Gasteiger partial charge in [-0.1, -0.05) is 11.6 Å². The van der Waals surface area contributed by atoms with E-state index in [0.717, 1.165) is 25.9 Å². The molecule has 0 atom stereocenters. The van der Waals surface area contributed by atoms with Crippen LogP contribution in [0.15, 0.2) is 18.2 Å². The van der Waals surface area contributed by atoms with Gasteiger partial charge in [-0.15, -0.1) is 0 Å². The number of nitrogens with zero attached hydrogens (tertiary/aromatic N) is 1. The fraction of sp³-hybridized carbons (Fsp3) is 0.562. The maximum Gasteiger partial charge on any atom is 0.238 e. The lowest BCUT2D eigenvalue weighted by atomic mass is 10.1. The van der Waals surface area contributed by atoms with Gasteiger partial charge < -0.3 is 15.2 Å². The Morgan fingerprint density at radius 2 is 2.17 bits per heavy atom. The zero-order valence-electron chi connectivity index (χ0n) is 12.9. The number of halogens is 2. The van der Waals surface area contributed by atoms with E-state index in [9.17, 15) is 9.18 Å². The maximum atomic E-state index is 13.6. The van der Waals surface area contributed by atoms with E-state index in [1.165, 1.54) is 18.2 Å². The van der Waals surface area contributed by atoms with E-state index in [4.69, 9.17) is 21.4 Å². The van der Waals surface area contributed by atoms with E-state index in [1.54, 1.807) is 0 Å². The third-order valence-corrected chi connectivity index (χ3v) is 4.00. The van der Waals surface area contributed by atoms with Crippen LogP contribution < -0.4 is 5.32 Å². The molecule has 1 aliphatic rings. The number of ether oxygens (including phenoxy) is 1. The van der Waals surface area contributed by atoms with Crippen LogP contribution in [0.1, 0.15) is 19.3 Å². The number of aliphatic hydroxyl groups is 1. The average Bonchev–Trinajstić information content (AvgIpc) is 2.53. The van der Waals surface area contributed by atoms with Crippen molar-refractivity contribution >= 4 is 23.2 Å². The summed E-state index contributed by atoms with van der Waals surface area (Å²) in [5.74, 6) is -0.760. The number of hydrogen-bond donors (Lipinski definition) is 2. The van der Waals surface area contributed by atoms with Crippen molar-refractivity contribution in [3.8, 4) is 0 Å². The first-order valence-corrected chi connectivity index (χ1v) is 8.16. The first kappa shape index (κ1) is 18.1. The summed E-state index contributed by atoms with van der Waals surface area (Å²) in [4.78, 5) is 14.0. The minimum absolute atomic E-state index is 0.102. The molecule has 1 aromatic rings. The van der Waals surface area contributed by atoms with Crippen molar-refractivity contribution in [3.63, 3.8) is 0 Å². The van der Waals surface area contributed by atoms with Gasteiger partial charge in [0.05, 0.1) is 18.3 Å². The molecule has 7 heteroatoms. The predicted octanol–water partition coefficient (Wildman–Crippen LogP) is 2.28. The standard InChI is InChI=1S/C16H22ClFN2O3/c17-12-2-3-14(18)15(10-12)19-16(22)11-20-6-4-13(5-7-20)23-9-1-8-21/h2-3,10,13,21H,1,4-9,11H2,(H,19,22). The minimum Gasteiger partial charge on any atom is -0.396 e. The second-order valence-electron chi connectivity index (χ2n) is 5.60. The molecular formula is C16H22ClFN2O3. The zero-order valence-corrected chi connectivity index (χ0v) is 13.7. The molecule has 1 aromatic carbocycles. The summed E-state index contributed by atoms with van der Waals surface area (Å²) in [7, 11) is 0. The Kier molecular flexibility index (Phi) is 7.23. The lowest BCUT2D eigenvalue weighted by Crippen LogP contribution is -2.41. The van der Waals surface area contributed by atoms with Crippen LogP contribution in [0.4, 0.5) is 10.1 Å². The van der Waals surface area contributed by atoms with E-state index < -0.39 is 5.82 Å². The van der Waals surface area contributed by atoms with Gasteiger partial charge in [0.2, 0.25) is 5.91 Å². The number of piperidine rings is 1. The van der Waals surface area contributed by atoms with Crippen molar-refractivity contribution in [2.75, 3.05) is 38.2 Å². The molecule has 1 saturated heterocycles. The van der Waals surface area contributed by atoms with Crippen molar-refractivity contribution in [2.24, 2.45) is 0 Å². The molecule has 1 heterocycles. The van der Waals surface area contributed by atoms with Crippen LogP contribution in [-0.2, 0) is 9.53 Å². The van der Waals surface area contributed by atoms with Crippen molar-refractivity contribution < 1.29 is 19.0 Å². The topological polar surface area (TPSA) is 61.8 Å². The molecule has 0 bridgehead atoms. The fourth-order valence-electron chi connectivity index (χ4n) is 2.53. The third-order valence-electron chi connectivity index (χ3n) is 3.76. The van der Waals surface area contributed by atoms with Crippen LogP contribution in [0.2, 0.25) is 5.02 Å². The Balaban J connectivity index is 1.73. The number of amides is 1. The van der Waals surface area contributed by atoms with Crippen LogP contribution in [-0.4, -0.2) is 54.9 Å². The predicted molar refractivity (Wildman–Crippen MR) is 87.2 cm³/mol. The number of carbonyl (C=O) groups is 1. The Morgan fingerprint density at radius 3 is 2.87 bits per heavy atom. The first-order chi connectivity index (χ1) is 11.1. The van der Waals surface area contributed by atoms with Crippen LogP contribution >= 0.6 is 11.6 Å². The van der Waals surface area contributed by atoms with E-state index in [-0.39, 0.29) is 30.9 Å². The van der Waals surface area contributed by atoms with E-state index in [1.807, 2.05) is 4.90 Å². The van der Waals surface area contributed by atoms with Crippen LogP contribution in [0.3, 0.4) is 0 Å². The molecule has 0 saturated carbocycles. The molecule has 1 amide bonds. The summed E-state index contributed by atoms with van der Waals surface area (Å²) < 4.78 is 19.2. The van der Waals surface area contributed by atoms with Gasteiger partial charge in [-0.3, -0.25) is 9.69 Å². The van der Waals surface area contributed by atoms with Crippen LogP contribution in [0, 0.1) is 5.82 Å². The number of anilines is 1. The Hall–Kier alpha value is -1.21. The molecule has 0 radical (unpaired) electrons. The highest BCUT2D eigenvalue weighted by atomic mass is 35.5. The number of aliphatic hydroxyl groups excluding tert-OH is 1. The molecule has 0 spiro atoms. The summed E-state index contributed by atoms with van der Waals surface area (Å²) in [5, 5.41) is 11.7. The summed E-state index contributed by atoms with van der Waals surface area (Å²) in [6, 6.07) is 4.07. The summed E-state index contributed by atoms with van der Waals surface area (Å²) in [6.07, 6.45) is 2.54. The molecule has 2 N–H and O–H groups in total. The number of benzene rings is 1. The number of carbonyl (C=O) groups excluding carboxylic acids is 1. The molecule has 5 nitrogen and oxygen atoms in total. The van der Waals surface area contributed by atoms with Gasteiger partial charge in [0.1, 0.15) is 5.82 Å². The highest BCUT2D eigenvalue weighted by Gasteiger charge is 2.21. The smallest absolute Gasteiger partial charge is 0.238 e. The normalized spacial score (nSPS) is 16.5. The maximum absolute atomic E-state index is 13.6. The van der Waals surface area contributed by atoms with E-state index >= 15 is 0 Å². The van der Waals surface area contributed by atoms with Gasteiger partial charge in [0, 0.05) is 31.3 Å². The number of likely N-dealkylation sites (tertiary alicyclic amines) is 1. The third kappa shape index (κ3) is 6.06. The van der Waals surface area contributed by atoms with Crippen LogP contribution in [0.25, 0.3) is 0 Å². The largest absolute Gasteiger partial charge is 0.396 e. The zero-order chi connectivity index (χ0) is 16.7. The minimum atomic E-state index is -0.501. The summed E-state index contributed by atoms with van der Waals surface area (Å²) in [5.41, 5.74) is 0.102. The van der Waals surface area contributed by atoms with Gasteiger partial charge in [-0.2, -0.15) is 0 Å². The SMILES string of the molecule is O=C(CN1CCC(OCCCO)CC1)Nc1cc(Cl)ccc1F. The van der Waals surface area contributed by atoms with Gasteiger partial charge in [-0.25, -0.2) is 4.39 Å². The number of hydrogen-bond acceptors (Lipinski definition) is 4. The molecule has 23 heavy (non-hydrogen) atoms. The number of nitrogens with one attached hydrogen (secondary N) is 1. The quantitative estimate of drug-likeness (QED) is 0.745. The molecule has 0 aliphatic carbocycles. The van der Waals surface area contributed by atoms with Gasteiger partial charge in [0.15, 0.2) is 0 Å². The molecule has 128 valence electrons. The lowest BCUT2D eigenvalue weighted by Gasteiger charge is -2.31. The molecular weight excluding hydrogens is 323 g/mol. The van der Waals surface area contributed by atoms with Gasteiger partial charge in [-0.05, 0) is 37.5 Å². The van der Waals surface area contributed by atoms with E-state index in [0.29, 0.717) is 18.1 Å². The van der Waals surface area contributed by atoms with E-state index in [2.05, 4.69) is 5.32 Å². The van der Waals surface area contributed by atoms with Gasteiger partial charge in [0.25, 0.3) is 0 Å². The lowest BCUT2D eigenvalue weighted by molar-refractivity contribution is -0.118. The Labute approximate surface area is 140 Å². The van der Waals surface area contributed by atoms with Crippen molar-refractivity contribution in [1.82, 2.24) is 4.90 Å². The van der Waals surface area contributed by atoms with Gasteiger partial charge >= 0.3 is 0 Å². The average molecular weight is 345 g/mol. The summed E-state index contributed by atoms with van der Waals surface area (Å²) in [6.45, 7) is 2.44. The fourth-order valence-corrected chi connectivity index (χ4v) is 2.71. The van der Waals surface area contributed by atoms with Crippen LogP contribution in [0.5, 0.6) is 0 Å². The van der Waals surface area contributed by atoms with Crippen molar-refractivity contribution in [1.29, 1.82) is 0 Å². The molecule has 0 unspecified atom stereocenters. The second-order valence-corrected chi connectivity index (χ2v) is 6.03. The molecule has 0 aromatic heterocycles.